The van der Waals surface area contributed by atoms with Crippen molar-refractivity contribution in [3.63, 3.8) is 0 Å². The van der Waals surface area contributed by atoms with Crippen molar-refractivity contribution in [2.75, 3.05) is 13.2 Å². The molecular weight excluding hydrogens is 312 g/mol. The van der Waals surface area contributed by atoms with Crippen molar-refractivity contribution in [2.24, 2.45) is 0 Å². The lowest BCUT2D eigenvalue weighted by atomic mass is 10.1. The summed E-state index contributed by atoms with van der Waals surface area (Å²) in [7, 11) is 0. The first-order valence-corrected chi connectivity index (χ1v) is 9.10. The second-order valence-electron chi connectivity index (χ2n) is 7.04. The lowest BCUT2D eigenvalue weighted by molar-refractivity contribution is 0.0661. The number of benzene rings is 1. The van der Waals surface area contributed by atoms with E-state index in [1.165, 1.54) is 27.7 Å². The third-order valence-electron chi connectivity index (χ3n) is 5.05. The van der Waals surface area contributed by atoms with E-state index in [4.69, 9.17) is 9.84 Å². The molecule has 5 nitrogen and oxygen atoms in total. The van der Waals surface area contributed by atoms with Crippen molar-refractivity contribution in [1.29, 1.82) is 0 Å². The summed E-state index contributed by atoms with van der Waals surface area (Å²) in [5.74, 6) is 0. The molecule has 1 aliphatic heterocycles. The lowest BCUT2D eigenvalue weighted by Gasteiger charge is -2.22. The van der Waals surface area contributed by atoms with Crippen LogP contribution in [0, 0.1) is 13.8 Å². The van der Waals surface area contributed by atoms with Crippen molar-refractivity contribution in [1.82, 2.24) is 20.1 Å². The summed E-state index contributed by atoms with van der Waals surface area (Å²) < 4.78 is 7.59. The Morgan fingerprint density at radius 1 is 1.20 bits per heavy atom. The average molecular weight is 338 g/mol. The van der Waals surface area contributed by atoms with Crippen LogP contribution in [0.25, 0.3) is 10.9 Å². The van der Waals surface area contributed by atoms with Crippen LogP contribution in [0.2, 0.25) is 0 Å². The standard InChI is InChI=1S/C20H26N4O/c1-14-9-17-4-3-16(10-20(17)22-14)11-21-12-18-13-24(23-15(18)2)19-5-7-25-8-6-19/h3-4,9-10,13,19,21-22H,5-8,11-12H2,1-2H3. The van der Waals surface area contributed by atoms with Gasteiger partial charge in [0.05, 0.1) is 11.7 Å². The van der Waals surface area contributed by atoms with Gasteiger partial charge < -0.3 is 15.0 Å². The third-order valence-corrected chi connectivity index (χ3v) is 5.05. The maximum absolute atomic E-state index is 5.45. The number of aromatic amines is 1. The fourth-order valence-corrected chi connectivity index (χ4v) is 3.60. The summed E-state index contributed by atoms with van der Waals surface area (Å²) in [5, 5.41) is 9.55. The smallest absolute Gasteiger partial charge is 0.0638 e. The fourth-order valence-electron chi connectivity index (χ4n) is 3.60. The van der Waals surface area contributed by atoms with Crippen LogP contribution in [0.5, 0.6) is 0 Å². The normalized spacial score (nSPS) is 15.9. The molecule has 0 spiro atoms. The first kappa shape index (κ1) is 16.4. The Morgan fingerprint density at radius 3 is 2.88 bits per heavy atom. The van der Waals surface area contributed by atoms with Crippen LogP contribution in [0.3, 0.4) is 0 Å². The number of rotatable bonds is 5. The van der Waals surface area contributed by atoms with Crippen LogP contribution < -0.4 is 5.32 Å². The zero-order valence-electron chi connectivity index (χ0n) is 15.0. The van der Waals surface area contributed by atoms with E-state index in [-0.39, 0.29) is 0 Å². The molecule has 4 rings (SSSR count). The lowest BCUT2D eigenvalue weighted by Crippen LogP contribution is -2.20. The third kappa shape index (κ3) is 3.62. The number of fused-ring (bicyclic) bond motifs is 1. The van der Waals surface area contributed by atoms with Crippen LogP contribution in [-0.2, 0) is 17.8 Å². The Bertz CT molecular complexity index is 858. The molecule has 132 valence electrons. The summed E-state index contributed by atoms with van der Waals surface area (Å²) in [4.78, 5) is 3.40. The molecule has 1 aromatic carbocycles. The molecule has 2 aromatic heterocycles. The molecule has 1 saturated heterocycles. The highest BCUT2D eigenvalue weighted by Gasteiger charge is 2.17. The SMILES string of the molecule is Cc1cc2ccc(CNCc3cn(C4CCOCC4)nc3C)cc2[nH]1. The zero-order chi connectivity index (χ0) is 17.2. The van der Waals surface area contributed by atoms with Crippen molar-refractivity contribution >= 4 is 10.9 Å². The van der Waals surface area contributed by atoms with Gasteiger partial charge in [-0.15, -0.1) is 0 Å². The van der Waals surface area contributed by atoms with Crippen LogP contribution in [-0.4, -0.2) is 28.0 Å². The van der Waals surface area contributed by atoms with Crippen LogP contribution in [0.15, 0.2) is 30.5 Å². The van der Waals surface area contributed by atoms with E-state index in [1.54, 1.807) is 0 Å². The van der Waals surface area contributed by atoms with Gasteiger partial charge in [0.15, 0.2) is 0 Å². The molecule has 0 radical (unpaired) electrons. The van der Waals surface area contributed by atoms with Crippen LogP contribution >= 0.6 is 0 Å². The minimum atomic E-state index is 0.486. The van der Waals surface area contributed by atoms with Crippen molar-refractivity contribution < 1.29 is 4.74 Å². The van der Waals surface area contributed by atoms with E-state index < -0.39 is 0 Å². The van der Waals surface area contributed by atoms with Crippen LogP contribution in [0.4, 0.5) is 0 Å². The summed E-state index contributed by atoms with van der Waals surface area (Å²) >= 11 is 0. The number of H-pyrrole nitrogens is 1. The van der Waals surface area contributed by atoms with E-state index in [9.17, 15) is 0 Å². The van der Waals surface area contributed by atoms with Crippen LogP contribution in [0.1, 0.15) is 41.4 Å². The van der Waals surface area contributed by atoms with E-state index in [0.717, 1.165) is 44.8 Å². The van der Waals surface area contributed by atoms with Crippen molar-refractivity contribution in [3.8, 4) is 0 Å². The van der Waals surface area contributed by atoms with Gasteiger partial charge in [-0.05, 0) is 49.8 Å². The minimum absolute atomic E-state index is 0.486. The molecule has 0 aliphatic carbocycles. The molecule has 0 amide bonds. The highest BCUT2D eigenvalue weighted by molar-refractivity contribution is 5.80. The number of hydrogen-bond donors (Lipinski definition) is 2. The average Bonchev–Trinajstić information content (AvgIpc) is 3.17. The summed E-state index contributed by atoms with van der Waals surface area (Å²) in [5.41, 5.74) is 6.11. The van der Waals surface area contributed by atoms with Gasteiger partial charge in [0.25, 0.3) is 0 Å². The van der Waals surface area contributed by atoms with Crippen molar-refractivity contribution in [2.45, 2.75) is 45.8 Å². The Labute approximate surface area is 148 Å². The molecule has 1 aliphatic rings. The molecule has 5 heteroatoms. The predicted molar refractivity (Wildman–Crippen MR) is 99.6 cm³/mol. The molecule has 1 fully saturated rings. The van der Waals surface area contributed by atoms with Gasteiger partial charge in [0, 0.05) is 49.3 Å². The number of aromatic nitrogens is 3. The monoisotopic (exact) mass is 338 g/mol. The Hall–Kier alpha value is -2.11. The molecule has 0 bridgehead atoms. The quantitative estimate of drug-likeness (QED) is 0.747. The first-order chi connectivity index (χ1) is 12.2. The van der Waals surface area contributed by atoms with E-state index in [1.807, 2.05) is 0 Å². The largest absolute Gasteiger partial charge is 0.381 e. The second kappa shape index (κ2) is 7.02. The summed E-state index contributed by atoms with van der Waals surface area (Å²) in [6.45, 7) is 7.58. The molecule has 3 heterocycles. The van der Waals surface area contributed by atoms with E-state index in [2.05, 4.69) is 59.3 Å². The molecule has 0 atom stereocenters. The second-order valence-corrected chi connectivity index (χ2v) is 7.04. The molecule has 3 aromatic rings. The first-order valence-electron chi connectivity index (χ1n) is 9.10. The maximum atomic E-state index is 5.45. The van der Waals surface area contributed by atoms with Gasteiger partial charge >= 0.3 is 0 Å². The van der Waals surface area contributed by atoms with Gasteiger partial charge in [-0.2, -0.15) is 5.10 Å². The molecule has 25 heavy (non-hydrogen) atoms. The van der Waals surface area contributed by atoms with Gasteiger partial charge in [0.1, 0.15) is 0 Å². The Balaban J connectivity index is 1.38. The summed E-state index contributed by atoms with van der Waals surface area (Å²) in [6, 6.07) is 9.28. The fraction of sp³-hybridized carbons (Fsp3) is 0.450. The maximum Gasteiger partial charge on any atom is 0.0638 e. The zero-order valence-corrected chi connectivity index (χ0v) is 15.0. The summed E-state index contributed by atoms with van der Waals surface area (Å²) in [6.07, 6.45) is 4.32. The number of ether oxygens (including phenoxy) is 1. The molecule has 2 N–H and O–H groups in total. The number of hydrogen-bond acceptors (Lipinski definition) is 3. The van der Waals surface area contributed by atoms with Gasteiger partial charge in [-0.25, -0.2) is 0 Å². The Morgan fingerprint density at radius 2 is 2.04 bits per heavy atom. The van der Waals surface area contributed by atoms with Gasteiger partial charge in [-0.1, -0.05) is 12.1 Å². The highest BCUT2D eigenvalue weighted by Crippen LogP contribution is 2.21. The molecule has 0 unspecified atom stereocenters. The van der Waals surface area contributed by atoms with E-state index in [0.29, 0.717) is 6.04 Å². The van der Waals surface area contributed by atoms with Crippen molar-refractivity contribution in [3.05, 3.63) is 53.0 Å². The molecular formula is C20H26N4O. The molecule has 0 saturated carbocycles. The topological polar surface area (TPSA) is 54.9 Å². The van der Waals surface area contributed by atoms with E-state index >= 15 is 0 Å². The Kier molecular flexibility index (Phi) is 4.59. The van der Waals surface area contributed by atoms with Gasteiger partial charge in [0.2, 0.25) is 0 Å². The number of aryl methyl sites for hydroxylation is 2. The minimum Gasteiger partial charge on any atom is -0.381 e. The number of nitrogens with one attached hydrogen (secondary N) is 2. The van der Waals surface area contributed by atoms with Gasteiger partial charge in [-0.3, -0.25) is 4.68 Å². The highest BCUT2D eigenvalue weighted by atomic mass is 16.5. The number of nitrogens with zero attached hydrogens (tertiary/aromatic N) is 2. The predicted octanol–water partition coefficient (Wildman–Crippen LogP) is 3.62.